The van der Waals surface area contributed by atoms with Gasteiger partial charge in [0.05, 0.1) is 6.10 Å². The summed E-state index contributed by atoms with van der Waals surface area (Å²) < 4.78 is 1.13. The average Bonchev–Trinajstić information content (AvgIpc) is 2.33. The Bertz CT molecular complexity index is 446. The standard InChI is InChI=1S/C17H26BrNO/c1-17(2)8-7-16(20)14(10-17)12-19(3)11-13-5-4-6-15(18)9-13/h4-6,9,14,16,20H,7-8,10-12H2,1-3H3. The van der Waals surface area contributed by atoms with Crippen molar-refractivity contribution in [3.05, 3.63) is 34.3 Å². The average molecular weight is 340 g/mol. The molecule has 0 radical (unpaired) electrons. The van der Waals surface area contributed by atoms with E-state index in [1.807, 2.05) is 0 Å². The Balaban J connectivity index is 1.91. The van der Waals surface area contributed by atoms with Crippen LogP contribution in [-0.2, 0) is 6.54 Å². The fourth-order valence-electron chi connectivity index (χ4n) is 3.32. The summed E-state index contributed by atoms with van der Waals surface area (Å²) in [7, 11) is 2.15. The lowest BCUT2D eigenvalue weighted by Gasteiger charge is -2.40. The maximum Gasteiger partial charge on any atom is 0.0581 e. The Labute approximate surface area is 131 Å². The van der Waals surface area contributed by atoms with Gasteiger partial charge < -0.3 is 10.0 Å². The summed E-state index contributed by atoms with van der Waals surface area (Å²) in [6.07, 6.45) is 3.08. The number of nitrogens with zero attached hydrogens (tertiary/aromatic N) is 1. The monoisotopic (exact) mass is 339 g/mol. The Kier molecular flexibility index (Phi) is 5.27. The first-order valence-electron chi connectivity index (χ1n) is 7.47. The number of rotatable bonds is 4. The number of hydrogen-bond acceptors (Lipinski definition) is 2. The number of benzene rings is 1. The molecule has 1 saturated carbocycles. The third-order valence-electron chi connectivity index (χ3n) is 4.36. The van der Waals surface area contributed by atoms with Gasteiger partial charge >= 0.3 is 0 Å². The topological polar surface area (TPSA) is 23.5 Å². The molecule has 0 saturated heterocycles. The van der Waals surface area contributed by atoms with Gasteiger partial charge in [-0.2, -0.15) is 0 Å². The molecule has 2 nitrogen and oxygen atoms in total. The number of aliphatic hydroxyl groups excluding tert-OH is 1. The van der Waals surface area contributed by atoms with Gasteiger partial charge in [0.2, 0.25) is 0 Å². The number of halogens is 1. The predicted octanol–water partition coefficient (Wildman–Crippen LogP) is 4.07. The van der Waals surface area contributed by atoms with Gasteiger partial charge in [0.1, 0.15) is 0 Å². The molecule has 1 aliphatic carbocycles. The molecule has 0 amide bonds. The van der Waals surface area contributed by atoms with Gasteiger partial charge in [0, 0.05) is 17.6 Å². The van der Waals surface area contributed by atoms with E-state index in [9.17, 15) is 5.11 Å². The van der Waals surface area contributed by atoms with Gasteiger partial charge in [-0.25, -0.2) is 0 Å². The van der Waals surface area contributed by atoms with E-state index in [1.165, 1.54) is 5.56 Å². The van der Waals surface area contributed by atoms with Crippen molar-refractivity contribution < 1.29 is 5.11 Å². The van der Waals surface area contributed by atoms with Crippen LogP contribution in [0.1, 0.15) is 38.7 Å². The van der Waals surface area contributed by atoms with Crippen molar-refractivity contribution in [2.45, 2.75) is 45.8 Å². The van der Waals surface area contributed by atoms with Crippen molar-refractivity contribution >= 4 is 15.9 Å². The summed E-state index contributed by atoms with van der Waals surface area (Å²) in [5, 5.41) is 10.2. The van der Waals surface area contributed by atoms with Gasteiger partial charge in [-0.3, -0.25) is 0 Å². The summed E-state index contributed by atoms with van der Waals surface area (Å²) in [5.41, 5.74) is 1.69. The maximum atomic E-state index is 10.2. The maximum absolute atomic E-state index is 10.2. The first-order valence-corrected chi connectivity index (χ1v) is 8.26. The van der Waals surface area contributed by atoms with Crippen molar-refractivity contribution in [3.8, 4) is 0 Å². The molecule has 20 heavy (non-hydrogen) atoms. The van der Waals surface area contributed by atoms with Crippen LogP contribution >= 0.6 is 15.9 Å². The van der Waals surface area contributed by atoms with E-state index < -0.39 is 0 Å². The zero-order valence-electron chi connectivity index (χ0n) is 12.8. The minimum Gasteiger partial charge on any atom is -0.393 e. The van der Waals surface area contributed by atoms with Crippen molar-refractivity contribution in [3.63, 3.8) is 0 Å². The quantitative estimate of drug-likeness (QED) is 0.893. The molecule has 0 heterocycles. The molecule has 112 valence electrons. The third-order valence-corrected chi connectivity index (χ3v) is 4.86. The summed E-state index contributed by atoms with van der Waals surface area (Å²) in [6, 6.07) is 8.45. The van der Waals surface area contributed by atoms with E-state index in [4.69, 9.17) is 0 Å². The minimum atomic E-state index is -0.131. The molecular weight excluding hydrogens is 314 g/mol. The second-order valence-electron chi connectivity index (χ2n) is 7.06. The van der Waals surface area contributed by atoms with Gasteiger partial charge in [-0.1, -0.05) is 41.9 Å². The first-order chi connectivity index (χ1) is 9.35. The molecule has 1 aliphatic rings. The molecule has 0 bridgehead atoms. The molecule has 2 rings (SSSR count). The molecular formula is C17H26BrNO. The highest BCUT2D eigenvalue weighted by Crippen LogP contribution is 2.39. The molecule has 1 aromatic rings. The van der Waals surface area contributed by atoms with Crippen LogP contribution in [0, 0.1) is 11.3 Å². The fraction of sp³-hybridized carbons (Fsp3) is 0.647. The van der Waals surface area contributed by atoms with Crippen molar-refractivity contribution in [1.29, 1.82) is 0 Å². The summed E-state index contributed by atoms with van der Waals surface area (Å²) in [4.78, 5) is 2.33. The van der Waals surface area contributed by atoms with Crippen LogP contribution in [0.25, 0.3) is 0 Å². The highest BCUT2D eigenvalue weighted by atomic mass is 79.9. The van der Waals surface area contributed by atoms with Crippen molar-refractivity contribution in [2.75, 3.05) is 13.6 Å². The lowest BCUT2D eigenvalue weighted by Crippen LogP contribution is -2.39. The molecule has 0 aromatic heterocycles. The van der Waals surface area contributed by atoms with Crippen LogP contribution in [0.15, 0.2) is 28.7 Å². The Morgan fingerprint density at radius 3 is 2.85 bits per heavy atom. The minimum absolute atomic E-state index is 0.131. The summed E-state index contributed by atoms with van der Waals surface area (Å²) >= 11 is 3.52. The van der Waals surface area contributed by atoms with Gasteiger partial charge in [-0.05, 0) is 55.3 Å². The van der Waals surface area contributed by atoms with E-state index in [-0.39, 0.29) is 6.10 Å². The number of aliphatic hydroxyl groups is 1. The SMILES string of the molecule is CN(Cc1cccc(Br)c1)CC1CC(C)(C)CCC1O. The number of hydrogen-bond donors (Lipinski definition) is 1. The van der Waals surface area contributed by atoms with Crippen LogP contribution in [0.4, 0.5) is 0 Å². The largest absolute Gasteiger partial charge is 0.393 e. The lowest BCUT2D eigenvalue weighted by atomic mass is 9.71. The summed E-state index contributed by atoms with van der Waals surface area (Å²) in [5.74, 6) is 0.399. The molecule has 0 aliphatic heterocycles. The van der Waals surface area contributed by atoms with Crippen molar-refractivity contribution in [1.82, 2.24) is 4.90 Å². The molecule has 2 unspecified atom stereocenters. The van der Waals surface area contributed by atoms with Gasteiger partial charge in [0.15, 0.2) is 0 Å². The summed E-state index contributed by atoms with van der Waals surface area (Å²) in [6.45, 7) is 6.54. The second kappa shape index (κ2) is 6.59. The molecule has 1 N–H and O–H groups in total. The van der Waals surface area contributed by atoms with E-state index in [0.717, 1.165) is 36.8 Å². The smallest absolute Gasteiger partial charge is 0.0581 e. The molecule has 1 aromatic carbocycles. The lowest BCUT2D eigenvalue weighted by molar-refractivity contribution is 0.00673. The predicted molar refractivity (Wildman–Crippen MR) is 87.6 cm³/mol. The molecule has 0 spiro atoms. The fourth-order valence-corrected chi connectivity index (χ4v) is 3.77. The highest BCUT2D eigenvalue weighted by molar-refractivity contribution is 9.10. The molecule has 3 heteroatoms. The van der Waals surface area contributed by atoms with Crippen LogP contribution in [0.2, 0.25) is 0 Å². The van der Waals surface area contributed by atoms with E-state index in [2.05, 4.69) is 66.0 Å². The Morgan fingerprint density at radius 1 is 1.40 bits per heavy atom. The van der Waals surface area contributed by atoms with E-state index in [0.29, 0.717) is 11.3 Å². The normalized spacial score (nSPS) is 25.9. The van der Waals surface area contributed by atoms with E-state index >= 15 is 0 Å². The van der Waals surface area contributed by atoms with Crippen LogP contribution in [-0.4, -0.2) is 29.7 Å². The van der Waals surface area contributed by atoms with E-state index in [1.54, 1.807) is 0 Å². The third kappa shape index (κ3) is 4.57. The first kappa shape index (κ1) is 16.0. The second-order valence-corrected chi connectivity index (χ2v) is 7.98. The van der Waals surface area contributed by atoms with Crippen LogP contribution in [0.5, 0.6) is 0 Å². The van der Waals surface area contributed by atoms with Gasteiger partial charge in [0.25, 0.3) is 0 Å². The highest BCUT2D eigenvalue weighted by Gasteiger charge is 2.34. The Morgan fingerprint density at radius 2 is 2.15 bits per heavy atom. The molecule has 1 fully saturated rings. The van der Waals surface area contributed by atoms with Crippen LogP contribution in [0.3, 0.4) is 0 Å². The molecule has 2 atom stereocenters. The Hall–Kier alpha value is -0.380. The van der Waals surface area contributed by atoms with Crippen molar-refractivity contribution in [2.24, 2.45) is 11.3 Å². The van der Waals surface area contributed by atoms with Crippen LogP contribution < -0.4 is 0 Å². The zero-order valence-corrected chi connectivity index (χ0v) is 14.4. The zero-order chi connectivity index (χ0) is 14.8. The van der Waals surface area contributed by atoms with Gasteiger partial charge in [-0.15, -0.1) is 0 Å².